The van der Waals surface area contributed by atoms with Crippen LogP contribution in [0.15, 0.2) is 74.3 Å². The van der Waals surface area contributed by atoms with E-state index in [0.717, 1.165) is 12.8 Å². The molecule has 1 aromatic heterocycles. The molecule has 3 aliphatic heterocycles. The Morgan fingerprint density at radius 3 is 2.05 bits per heavy atom. The molecule has 0 N–H and O–H groups in total. The average molecular weight is 593 g/mol. The fourth-order valence-corrected chi connectivity index (χ4v) is 7.55. The number of rotatable bonds is 9. The summed E-state index contributed by atoms with van der Waals surface area (Å²) in [5.41, 5.74) is -0.618. The number of hydrogen-bond acceptors (Lipinski definition) is 9. The fourth-order valence-electron chi connectivity index (χ4n) is 7.55. The molecule has 0 aliphatic carbocycles. The summed E-state index contributed by atoms with van der Waals surface area (Å²) in [4.78, 5) is 38.4. The third-order valence-corrected chi connectivity index (χ3v) is 9.44. The highest BCUT2D eigenvalue weighted by Crippen LogP contribution is 2.47. The minimum absolute atomic E-state index is 0.0708. The van der Waals surface area contributed by atoms with E-state index in [2.05, 4.69) is 0 Å². The molecule has 4 heterocycles. The molecule has 3 aromatic rings. The van der Waals surface area contributed by atoms with Gasteiger partial charge < -0.3 is 32.3 Å². The number of benzene rings is 2. The molecule has 3 atom stereocenters. The van der Waals surface area contributed by atoms with Crippen LogP contribution in [0, 0.1) is 6.92 Å². The summed E-state index contributed by atoms with van der Waals surface area (Å²) >= 11 is 0. The highest BCUT2D eigenvalue weighted by atomic mass is 16.8. The van der Waals surface area contributed by atoms with Gasteiger partial charge in [-0.3, -0.25) is 0 Å². The Kier molecular flexibility index (Phi) is 8.15. The molecule has 1 spiro atoms. The zero-order valence-corrected chi connectivity index (χ0v) is 24.6. The minimum atomic E-state index is -1.72. The predicted octanol–water partition coefficient (Wildman–Crippen LogP) is 5.35. The Morgan fingerprint density at radius 1 is 0.930 bits per heavy atom. The summed E-state index contributed by atoms with van der Waals surface area (Å²) in [5, 5.41) is 0. The van der Waals surface area contributed by atoms with E-state index in [-0.39, 0.29) is 24.2 Å². The Morgan fingerprint density at radius 2 is 1.51 bits per heavy atom. The first kappa shape index (κ1) is 29.2. The van der Waals surface area contributed by atoms with Crippen LogP contribution in [0.5, 0.6) is 0 Å². The molecule has 3 fully saturated rings. The lowest BCUT2D eigenvalue weighted by atomic mass is 9.85. The van der Waals surface area contributed by atoms with Crippen molar-refractivity contribution in [2.45, 2.75) is 89.1 Å². The molecule has 3 aliphatic rings. The topological polar surface area (TPSA) is 114 Å². The van der Waals surface area contributed by atoms with Gasteiger partial charge in [-0.15, -0.1) is 0 Å². The molecule has 10 heteroatoms. The second kappa shape index (κ2) is 12.0. The van der Waals surface area contributed by atoms with Gasteiger partial charge in [0.2, 0.25) is 11.9 Å². The second-order valence-corrected chi connectivity index (χ2v) is 11.8. The molecule has 2 bridgehead atoms. The fraction of sp³-hybridized carbons (Fsp3) is 0.485. The summed E-state index contributed by atoms with van der Waals surface area (Å²) in [6.45, 7) is 5.13. The second-order valence-electron chi connectivity index (χ2n) is 11.8. The number of carbonyl (C=O) groups excluding carboxylic acids is 2. The Balaban J connectivity index is 1.24. The Bertz CT molecular complexity index is 1420. The van der Waals surface area contributed by atoms with Crippen molar-refractivity contribution in [1.29, 1.82) is 0 Å². The number of esters is 1. The number of hydrogen-bond donors (Lipinski definition) is 0. The zero-order valence-electron chi connectivity index (χ0n) is 24.6. The zero-order chi connectivity index (χ0) is 30.0. The number of aryl methyl sites for hydroxylation is 1. The Labute approximate surface area is 250 Å². The van der Waals surface area contributed by atoms with Crippen molar-refractivity contribution in [2.24, 2.45) is 0 Å². The van der Waals surface area contributed by atoms with Crippen molar-refractivity contribution in [3.05, 3.63) is 93.9 Å². The number of nitrogens with zero attached hydrogens (tertiary/aromatic N) is 1. The molecular weight excluding hydrogens is 554 g/mol. The molecule has 3 saturated heterocycles. The van der Waals surface area contributed by atoms with Gasteiger partial charge in [-0.2, -0.15) is 0 Å². The van der Waals surface area contributed by atoms with Crippen LogP contribution in [0.25, 0.3) is 0 Å². The molecule has 228 valence electrons. The highest BCUT2D eigenvalue weighted by Gasteiger charge is 2.57. The van der Waals surface area contributed by atoms with Gasteiger partial charge in [-0.1, -0.05) is 60.7 Å². The average Bonchev–Trinajstić information content (AvgIpc) is 3.66. The normalized spacial score (nSPS) is 23.2. The van der Waals surface area contributed by atoms with Gasteiger partial charge in [-0.05, 0) is 25.0 Å². The van der Waals surface area contributed by atoms with Crippen LogP contribution < -0.4 is 5.82 Å². The molecular formula is C33H38NO9+. The Hall–Kier alpha value is -3.89. The monoisotopic (exact) mass is 592 g/mol. The molecule has 43 heavy (non-hydrogen) atoms. The van der Waals surface area contributed by atoms with Gasteiger partial charge in [0, 0.05) is 38.5 Å². The van der Waals surface area contributed by atoms with Crippen molar-refractivity contribution in [2.75, 3.05) is 13.1 Å². The standard InChI is InChI=1S/C33H38NO9/c1-22-29(42-32(37)39-22)21-38-31(36)40-23(2)43-33(24-11-5-3-6-12-24,25-13-7-4-8-14-25)30(35)41-28-19-26-15-16-27(20-28)34(26)17-9-10-18-34/h3-8,11-14,23,26-28H,9-10,15-21H2,1-2H3/q+1/t23-,26?,27?,28?/m1/s1. The molecule has 6 rings (SSSR count). The van der Waals surface area contributed by atoms with Crippen molar-refractivity contribution in [1.82, 2.24) is 0 Å². The third kappa shape index (κ3) is 5.61. The summed E-state index contributed by atoms with van der Waals surface area (Å²) in [6, 6.07) is 19.3. The van der Waals surface area contributed by atoms with E-state index in [9.17, 15) is 14.4 Å². The van der Waals surface area contributed by atoms with Crippen molar-refractivity contribution >= 4 is 12.1 Å². The van der Waals surface area contributed by atoms with E-state index >= 15 is 0 Å². The summed E-state index contributed by atoms with van der Waals surface area (Å²) in [7, 11) is 0. The van der Waals surface area contributed by atoms with E-state index in [0.29, 0.717) is 23.2 Å². The van der Waals surface area contributed by atoms with Crippen LogP contribution in [0.1, 0.15) is 68.1 Å². The molecule has 0 radical (unpaired) electrons. The smallest absolute Gasteiger partial charge is 0.459 e. The first-order valence-electron chi connectivity index (χ1n) is 15.1. The van der Waals surface area contributed by atoms with Crippen LogP contribution in [-0.4, -0.2) is 54.2 Å². The molecule has 2 aromatic carbocycles. The number of ether oxygens (including phenoxy) is 4. The number of carbonyl (C=O) groups is 2. The molecule has 0 amide bonds. The van der Waals surface area contributed by atoms with Crippen LogP contribution in [-0.2, 0) is 35.9 Å². The largest absolute Gasteiger partial charge is 0.519 e. The maximum Gasteiger partial charge on any atom is 0.519 e. The maximum absolute atomic E-state index is 14.5. The van der Waals surface area contributed by atoms with Gasteiger partial charge in [0.05, 0.1) is 25.2 Å². The van der Waals surface area contributed by atoms with Crippen molar-refractivity contribution in [3.8, 4) is 0 Å². The van der Waals surface area contributed by atoms with E-state index in [1.165, 1.54) is 57.1 Å². The lowest BCUT2D eigenvalue weighted by Crippen LogP contribution is -2.60. The maximum atomic E-state index is 14.5. The van der Waals surface area contributed by atoms with E-state index < -0.39 is 29.8 Å². The third-order valence-electron chi connectivity index (χ3n) is 9.44. The van der Waals surface area contributed by atoms with Crippen LogP contribution in [0.3, 0.4) is 0 Å². The van der Waals surface area contributed by atoms with Gasteiger partial charge in [0.1, 0.15) is 6.10 Å². The lowest BCUT2D eigenvalue weighted by Gasteiger charge is -2.47. The van der Waals surface area contributed by atoms with Gasteiger partial charge in [-0.25, -0.2) is 14.4 Å². The SMILES string of the molecule is Cc1oc(=O)oc1COC(=O)O[C@@H](C)OC(C(=O)OC1CC2CCC(C1)[N+]21CCCC1)(c1ccccc1)c1ccccc1. The van der Waals surface area contributed by atoms with Crippen LogP contribution >= 0.6 is 0 Å². The highest BCUT2D eigenvalue weighted by molar-refractivity contribution is 5.86. The van der Waals surface area contributed by atoms with E-state index in [1.807, 2.05) is 36.4 Å². The first-order chi connectivity index (χ1) is 20.8. The molecule has 2 unspecified atom stereocenters. The quantitative estimate of drug-likeness (QED) is 0.184. The van der Waals surface area contributed by atoms with Crippen LogP contribution in [0.4, 0.5) is 4.79 Å². The summed E-state index contributed by atoms with van der Waals surface area (Å²) < 4.78 is 34.2. The van der Waals surface area contributed by atoms with Crippen LogP contribution in [0.2, 0.25) is 0 Å². The van der Waals surface area contributed by atoms with Crippen molar-refractivity contribution < 1.29 is 41.9 Å². The van der Waals surface area contributed by atoms with E-state index in [1.54, 1.807) is 24.3 Å². The molecule has 0 saturated carbocycles. The summed E-state index contributed by atoms with van der Waals surface area (Å²) in [6.07, 6.45) is 4.05. The predicted molar refractivity (Wildman–Crippen MR) is 153 cm³/mol. The number of piperidine rings is 1. The number of quaternary nitrogens is 1. The van der Waals surface area contributed by atoms with Gasteiger partial charge in [0.15, 0.2) is 18.1 Å². The minimum Gasteiger partial charge on any atom is -0.459 e. The van der Waals surface area contributed by atoms with Gasteiger partial charge >= 0.3 is 17.9 Å². The molecule has 10 nitrogen and oxygen atoms in total. The first-order valence-corrected chi connectivity index (χ1v) is 15.1. The van der Waals surface area contributed by atoms with Gasteiger partial charge in [0.25, 0.3) is 0 Å². The van der Waals surface area contributed by atoms with E-state index in [4.69, 9.17) is 27.8 Å². The lowest BCUT2D eigenvalue weighted by molar-refractivity contribution is -0.956. The van der Waals surface area contributed by atoms with Crippen molar-refractivity contribution in [3.63, 3.8) is 0 Å². The summed E-state index contributed by atoms with van der Waals surface area (Å²) in [5.74, 6) is -1.17.